The van der Waals surface area contributed by atoms with Crippen LogP contribution in [0.4, 0.5) is 4.39 Å². The molecule has 5 heteroatoms. The summed E-state index contributed by atoms with van der Waals surface area (Å²) in [5.74, 6) is 1.02. The Balaban J connectivity index is 1.68. The zero-order chi connectivity index (χ0) is 13.8. The molecule has 0 fully saturated rings. The molecule has 3 aromatic rings. The van der Waals surface area contributed by atoms with E-state index >= 15 is 0 Å². The van der Waals surface area contributed by atoms with Gasteiger partial charge < -0.3 is 4.42 Å². The number of halogens is 1. The molecule has 0 N–H and O–H groups in total. The largest absolute Gasteiger partial charge is 0.445 e. The highest BCUT2D eigenvalue weighted by Gasteiger charge is 2.04. The zero-order valence-electron chi connectivity index (χ0n) is 10.5. The monoisotopic (exact) mass is 286 g/mol. The fourth-order valence-electron chi connectivity index (χ4n) is 1.75. The van der Waals surface area contributed by atoms with Gasteiger partial charge in [0.1, 0.15) is 6.26 Å². The SMILES string of the molecule is Fc1cnccc1SCc1ccc(-c2ncco2)cc1. The second-order valence-electron chi connectivity index (χ2n) is 4.13. The van der Waals surface area contributed by atoms with Crippen molar-refractivity contribution in [1.82, 2.24) is 9.97 Å². The van der Waals surface area contributed by atoms with Crippen LogP contribution in [0.5, 0.6) is 0 Å². The highest BCUT2D eigenvalue weighted by Crippen LogP contribution is 2.26. The topological polar surface area (TPSA) is 38.9 Å². The molecule has 0 saturated heterocycles. The van der Waals surface area contributed by atoms with Crippen molar-refractivity contribution >= 4 is 11.8 Å². The van der Waals surface area contributed by atoms with Crippen LogP contribution in [-0.2, 0) is 5.75 Å². The Kier molecular flexibility index (Phi) is 3.78. The van der Waals surface area contributed by atoms with Crippen molar-refractivity contribution < 1.29 is 8.81 Å². The number of thioether (sulfide) groups is 1. The predicted molar refractivity (Wildman–Crippen MR) is 75.7 cm³/mol. The maximum atomic E-state index is 13.4. The molecule has 0 aliphatic rings. The van der Waals surface area contributed by atoms with Gasteiger partial charge in [-0.15, -0.1) is 11.8 Å². The van der Waals surface area contributed by atoms with E-state index in [2.05, 4.69) is 9.97 Å². The van der Waals surface area contributed by atoms with E-state index in [0.29, 0.717) is 16.5 Å². The molecule has 3 rings (SSSR count). The van der Waals surface area contributed by atoms with Crippen LogP contribution in [-0.4, -0.2) is 9.97 Å². The van der Waals surface area contributed by atoms with Crippen molar-refractivity contribution in [2.45, 2.75) is 10.6 Å². The minimum atomic E-state index is -0.283. The summed E-state index contributed by atoms with van der Waals surface area (Å²) in [6.07, 6.45) is 5.99. The van der Waals surface area contributed by atoms with Crippen LogP contribution >= 0.6 is 11.8 Å². The maximum absolute atomic E-state index is 13.4. The van der Waals surface area contributed by atoms with E-state index in [9.17, 15) is 4.39 Å². The van der Waals surface area contributed by atoms with Crippen LogP contribution in [0.15, 0.2) is 64.5 Å². The predicted octanol–water partition coefficient (Wildman–Crippen LogP) is 4.17. The summed E-state index contributed by atoms with van der Waals surface area (Å²) in [5, 5.41) is 0. The molecule has 20 heavy (non-hydrogen) atoms. The fraction of sp³-hybridized carbons (Fsp3) is 0.0667. The lowest BCUT2D eigenvalue weighted by molar-refractivity contribution is 0.574. The average Bonchev–Trinajstić information content (AvgIpc) is 3.01. The average molecular weight is 286 g/mol. The number of nitrogens with zero attached hydrogens (tertiary/aromatic N) is 2. The Bertz CT molecular complexity index is 683. The minimum Gasteiger partial charge on any atom is -0.445 e. The van der Waals surface area contributed by atoms with Gasteiger partial charge in [-0.25, -0.2) is 9.37 Å². The number of aromatic nitrogens is 2. The Labute approximate surface area is 119 Å². The van der Waals surface area contributed by atoms with Crippen molar-refractivity contribution in [3.8, 4) is 11.5 Å². The van der Waals surface area contributed by atoms with E-state index in [1.807, 2.05) is 24.3 Å². The Morgan fingerprint density at radius 2 is 1.95 bits per heavy atom. The summed E-state index contributed by atoms with van der Waals surface area (Å²) in [6, 6.07) is 9.56. The third-order valence-corrected chi connectivity index (χ3v) is 3.88. The van der Waals surface area contributed by atoms with Crippen LogP contribution in [0, 0.1) is 5.82 Å². The van der Waals surface area contributed by atoms with Crippen molar-refractivity contribution in [1.29, 1.82) is 0 Å². The molecule has 0 saturated carbocycles. The summed E-state index contributed by atoms with van der Waals surface area (Å²) >= 11 is 1.45. The van der Waals surface area contributed by atoms with Gasteiger partial charge in [-0.1, -0.05) is 12.1 Å². The van der Waals surface area contributed by atoms with E-state index in [1.165, 1.54) is 18.0 Å². The summed E-state index contributed by atoms with van der Waals surface area (Å²) in [7, 11) is 0. The standard InChI is InChI=1S/C15H11FN2OS/c16-13-9-17-6-5-14(13)20-10-11-1-3-12(4-2-11)15-18-7-8-19-15/h1-9H,10H2. The van der Waals surface area contributed by atoms with Crippen molar-refractivity contribution in [3.05, 3.63) is 66.6 Å². The van der Waals surface area contributed by atoms with E-state index in [-0.39, 0.29) is 5.82 Å². The molecule has 3 nitrogen and oxygen atoms in total. The van der Waals surface area contributed by atoms with Gasteiger partial charge in [0.25, 0.3) is 0 Å². The number of hydrogen-bond acceptors (Lipinski definition) is 4. The molecule has 0 bridgehead atoms. The van der Waals surface area contributed by atoms with Gasteiger partial charge in [0.05, 0.1) is 12.4 Å². The second-order valence-corrected chi connectivity index (χ2v) is 5.15. The summed E-state index contributed by atoms with van der Waals surface area (Å²) in [6.45, 7) is 0. The quantitative estimate of drug-likeness (QED) is 0.675. The van der Waals surface area contributed by atoms with Gasteiger partial charge in [0, 0.05) is 22.4 Å². The van der Waals surface area contributed by atoms with Gasteiger partial charge >= 0.3 is 0 Å². The summed E-state index contributed by atoms with van der Waals surface area (Å²) < 4.78 is 18.7. The third kappa shape index (κ3) is 2.88. The van der Waals surface area contributed by atoms with Crippen molar-refractivity contribution in [2.75, 3.05) is 0 Å². The maximum Gasteiger partial charge on any atom is 0.225 e. The van der Waals surface area contributed by atoms with E-state index in [4.69, 9.17) is 4.42 Å². The molecule has 2 aromatic heterocycles. The Morgan fingerprint density at radius 1 is 1.10 bits per heavy atom. The molecule has 0 atom stereocenters. The molecular weight excluding hydrogens is 275 g/mol. The van der Waals surface area contributed by atoms with Crippen LogP contribution in [0.25, 0.3) is 11.5 Å². The molecule has 0 unspecified atom stereocenters. The van der Waals surface area contributed by atoms with Crippen LogP contribution in [0.3, 0.4) is 0 Å². The smallest absolute Gasteiger partial charge is 0.225 e. The number of oxazole rings is 1. The van der Waals surface area contributed by atoms with Gasteiger partial charge in [-0.2, -0.15) is 0 Å². The number of rotatable bonds is 4. The first-order chi connectivity index (χ1) is 9.83. The van der Waals surface area contributed by atoms with Crippen molar-refractivity contribution in [3.63, 3.8) is 0 Å². The highest BCUT2D eigenvalue weighted by molar-refractivity contribution is 7.98. The van der Waals surface area contributed by atoms with Crippen LogP contribution in [0.1, 0.15) is 5.56 Å². The lowest BCUT2D eigenvalue weighted by Crippen LogP contribution is -1.85. The van der Waals surface area contributed by atoms with Gasteiger partial charge in [0.15, 0.2) is 5.82 Å². The Hall–Kier alpha value is -2.14. The van der Waals surface area contributed by atoms with E-state index < -0.39 is 0 Å². The summed E-state index contributed by atoms with van der Waals surface area (Å²) in [4.78, 5) is 8.44. The number of pyridine rings is 1. The number of hydrogen-bond donors (Lipinski definition) is 0. The summed E-state index contributed by atoms with van der Waals surface area (Å²) in [5.41, 5.74) is 2.04. The van der Waals surface area contributed by atoms with E-state index in [0.717, 1.165) is 11.1 Å². The lowest BCUT2D eigenvalue weighted by atomic mass is 10.1. The lowest BCUT2D eigenvalue weighted by Gasteiger charge is -2.03. The molecule has 0 amide bonds. The first-order valence-corrected chi connectivity index (χ1v) is 7.02. The Morgan fingerprint density at radius 3 is 2.65 bits per heavy atom. The molecular formula is C15H11FN2OS. The van der Waals surface area contributed by atoms with Gasteiger partial charge in [0.2, 0.25) is 5.89 Å². The first kappa shape index (κ1) is 12.9. The van der Waals surface area contributed by atoms with Gasteiger partial charge in [-0.05, 0) is 23.8 Å². The third-order valence-electron chi connectivity index (χ3n) is 2.76. The van der Waals surface area contributed by atoms with Gasteiger partial charge in [-0.3, -0.25) is 4.98 Å². The molecule has 0 aliphatic heterocycles. The molecule has 0 spiro atoms. The normalized spacial score (nSPS) is 10.7. The van der Waals surface area contributed by atoms with Crippen molar-refractivity contribution in [2.24, 2.45) is 0 Å². The fourth-order valence-corrected chi connectivity index (χ4v) is 2.61. The minimum absolute atomic E-state index is 0.283. The zero-order valence-corrected chi connectivity index (χ0v) is 11.3. The van der Waals surface area contributed by atoms with E-state index in [1.54, 1.807) is 24.7 Å². The number of benzene rings is 1. The molecule has 1 aromatic carbocycles. The highest BCUT2D eigenvalue weighted by atomic mass is 32.2. The molecule has 100 valence electrons. The first-order valence-electron chi connectivity index (χ1n) is 6.04. The molecule has 2 heterocycles. The van der Waals surface area contributed by atoms with Crippen LogP contribution < -0.4 is 0 Å². The molecule has 0 aliphatic carbocycles. The molecule has 0 radical (unpaired) electrons. The van der Waals surface area contributed by atoms with Crippen LogP contribution in [0.2, 0.25) is 0 Å². The second kappa shape index (κ2) is 5.88.